The van der Waals surface area contributed by atoms with Gasteiger partial charge in [0.2, 0.25) is 0 Å². The Balaban J connectivity index is 2.31. The molecule has 106 valence electrons. The molecule has 0 bridgehead atoms. The monoisotopic (exact) mass is 270 g/mol. The molecule has 0 radical (unpaired) electrons. The fraction of sp³-hybridized carbons (Fsp3) is 0.353. The van der Waals surface area contributed by atoms with Crippen molar-refractivity contribution < 1.29 is 4.74 Å². The molecule has 3 nitrogen and oxygen atoms in total. The first-order valence-corrected chi connectivity index (χ1v) is 7.04. The lowest BCUT2D eigenvalue weighted by molar-refractivity contribution is 0.403. The van der Waals surface area contributed by atoms with E-state index >= 15 is 0 Å². The molecule has 3 heteroatoms. The van der Waals surface area contributed by atoms with Gasteiger partial charge in [-0.3, -0.25) is 4.98 Å². The molecule has 0 spiro atoms. The number of methoxy groups -OCH3 is 1. The van der Waals surface area contributed by atoms with Crippen molar-refractivity contribution in [1.82, 2.24) is 10.3 Å². The minimum atomic E-state index is 0.114. The second-order valence-electron chi connectivity index (χ2n) is 4.83. The maximum atomic E-state index is 5.41. The smallest absolute Gasteiger partial charge is 0.142 e. The van der Waals surface area contributed by atoms with Gasteiger partial charge in [-0.1, -0.05) is 37.6 Å². The second kappa shape index (κ2) is 7.06. The van der Waals surface area contributed by atoms with Crippen molar-refractivity contribution in [2.45, 2.75) is 25.8 Å². The topological polar surface area (TPSA) is 34.2 Å². The van der Waals surface area contributed by atoms with Crippen LogP contribution in [0, 0.1) is 0 Å². The van der Waals surface area contributed by atoms with Gasteiger partial charge in [-0.15, -0.1) is 0 Å². The summed E-state index contributed by atoms with van der Waals surface area (Å²) < 4.78 is 5.41. The van der Waals surface area contributed by atoms with Crippen molar-refractivity contribution in [1.29, 1.82) is 0 Å². The molecule has 20 heavy (non-hydrogen) atoms. The van der Waals surface area contributed by atoms with Crippen LogP contribution in [0.25, 0.3) is 0 Å². The molecule has 1 unspecified atom stereocenters. The van der Waals surface area contributed by atoms with Gasteiger partial charge in [0.1, 0.15) is 5.75 Å². The minimum Gasteiger partial charge on any atom is -0.495 e. The molecule has 0 aliphatic rings. The van der Waals surface area contributed by atoms with E-state index in [0.717, 1.165) is 17.7 Å². The highest BCUT2D eigenvalue weighted by atomic mass is 16.5. The summed E-state index contributed by atoms with van der Waals surface area (Å²) in [6, 6.07) is 10.9. The van der Waals surface area contributed by atoms with E-state index in [4.69, 9.17) is 4.74 Å². The van der Waals surface area contributed by atoms with Crippen LogP contribution in [0.15, 0.2) is 42.7 Å². The Morgan fingerprint density at radius 2 is 1.95 bits per heavy atom. The third kappa shape index (κ3) is 3.17. The fourth-order valence-corrected chi connectivity index (χ4v) is 2.47. The molecular weight excluding hydrogens is 248 g/mol. The molecule has 0 aliphatic heterocycles. The Morgan fingerprint density at radius 1 is 1.20 bits per heavy atom. The van der Waals surface area contributed by atoms with Crippen LogP contribution in [-0.4, -0.2) is 19.1 Å². The standard InChI is InChI=1S/C17H22N2O/c1-4-5-13-6-8-14(9-7-13)17(18-2)15-10-11-19-12-16(15)20-3/h6-12,17-18H,4-5H2,1-3H3. The van der Waals surface area contributed by atoms with Crippen LogP contribution < -0.4 is 10.1 Å². The van der Waals surface area contributed by atoms with Crippen molar-refractivity contribution in [2.24, 2.45) is 0 Å². The summed E-state index contributed by atoms with van der Waals surface area (Å²) in [6.45, 7) is 2.20. The molecule has 1 aromatic heterocycles. The highest BCUT2D eigenvalue weighted by Crippen LogP contribution is 2.29. The van der Waals surface area contributed by atoms with Crippen molar-refractivity contribution >= 4 is 0 Å². The number of benzene rings is 1. The second-order valence-corrected chi connectivity index (χ2v) is 4.83. The number of hydrogen-bond donors (Lipinski definition) is 1. The predicted molar refractivity (Wildman–Crippen MR) is 82.1 cm³/mol. The number of rotatable bonds is 6. The molecule has 2 rings (SSSR count). The fourth-order valence-electron chi connectivity index (χ4n) is 2.47. The largest absolute Gasteiger partial charge is 0.495 e. The van der Waals surface area contributed by atoms with Gasteiger partial charge < -0.3 is 10.1 Å². The van der Waals surface area contributed by atoms with Gasteiger partial charge in [-0.25, -0.2) is 0 Å². The maximum absolute atomic E-state index is 5.41. The van der Waals surface area contributed by atoms with Crippen LogP contribution in [0.1, 0.15) is 36.1 Å². The lowest BCUT2D eigenvalue weighted by atomic mass is 9.97. The van der Waals surface area contributed by atoms with E-state index in [1.807, 2.05) is 13.1 Å². The number of hydrogen-bond acceptors (Lipinski definition) is 3. The average Bonchev–Trinajstić information content (AvgIpc) is 2.50. The first kappa shape index (κ1) is 14.5. The van der Waals surface area contributed by atoms with Crippen LogP contribution in [0.4, 0.5) is 0 Å². The first-order chi connectivity index (χ1) is 9.80. The van der Waals surface area contributed by atoms with Crippen LogP contribution >= 0.6 is 0 Å². The van der Waals surface area contributed by atoms with E-state index in [9.17, 15) is 0 Å². The zero-order valence-electron chi connectivity index (χ0n) is 12.4. The third-order valence-corrected chi connectivity index (χ3v) is 3.49. The summed E-state index contributed by atoms with van der Waals surface area (Å²) >= 11 is 0. The molecule has 0 saturated heterocycles. The summed E-state index contributed by atoms with van der Waals surface area (Å²) in [5, 5.41) is 3.35. The summed E-state index contributed by atoms with van der Waals surface area (Å²) in [6.07, 6.45) is 5.86. The number of ether oxygens (including phenoxy) is 1. The predicted octanol–water partition coefficient (Wildman–Crippen LogP) is 3.35. The zero-order valence-corrected chi connectivity index (χ0v) is 12.4. The van der Waals surface area contributed by atoms with E-state index in [1.165, 1.54) is 17.5 Å². The number of aryl methyl sites for hydroxylation is 1. The summed E-state index contributed by atoms with van der Waals surface area (Å²) in [7, 11) is 3.64. The van der Waals surface area contributed by atoms with Crippen molar-refractivity contribution in [3.63, 3.8) is 0 Å². The molecule has 1 heterocycles. The molecule has 2 aromatic rings. The van der Waals surface area contributed by atoms with Crippen LogP contribution in [0.2, 0.25) is 0 Å². The molecular formula is C17H22N2O. The van der Waals surface area contributed by atoms with Gasteiger partial charge in [0.25, 0.3) is 0 Å². The van der Waals surface area contributed by atoms with E-state index in [1.54, 1.807) is 19.5 Å². The quantitative estimate of drug-likeness (QED) is 0.874. The zero-order chi connectivity index (χ0) is 14.4. The van der Waals surface area contributed by atoms with Gasteiger partial charge >= 0.3 is 0 Å². The van der Waals surface area contributed by atoms with E-state index in [2.05, 4.69) is 41.5 Å². The SMILES string of the molecule is CCCc1ccc(C(NC)c2ccncc2OC)cc1. The normalized spacial score (nSPS) is 12.2. The lowest BCUT2D eigenvalue weighted by Gasteiger charge is -2.19. The van der Waals surface area contributed by atoms with Gasteiger partial charge in [0, 0.05) is 11.8 Å². The minimum absolute atomic E-state index is 0.114. The molecule has 0 aliphatic carbocycles. The Morgan fingerprint density at radius 3 is 2.55 bits per heavy atom. The summed E-state index contributed by atoms with van der Waals surface area (Å²) in [4.78, 5) is 4.11. The van der Waals surface area contributed by atoms with Crippen LogP contribution in [-0.2, 0) is 6.42 Å². The maximum Gasteiger partial charge on any atom is 0.142 e. The van der Waals surface area contributed by atoms with E-state index < -0.39 is 0 Å². The number of nitrogens with zero attached hydrogens (tertiary/aromatic N) is 1. The summed E-state index contributed by atoms with van der Waals surface area (Å²) in [5.41, 5.74) is 3.72. The van der Waals surface area contributed by atoms with E-state index in [0.29, 0.717) is 0 Å². The number of nitrogens with one attached hydrogen (secondary N) is 1. The molecule has 1 N–H and O–H groups in total. The van der Waals surface area contributed by atoms with Crippen molar-refractivity contribution in [2.75, 3.05) is 14.2 Å². The third-order valence-electron chi connectivity index (χ3n) is 3.49. The molecule has 1 aromatic carbocycles. The Hall–Kier alpha value is -1.87. The molecule has 0 saturated carbocycles. The van der Waals surface area contributed by atoms with Gasteiger partial charge in [-0.2, -0.15) is 0 Å². The van der Waals surface area contributed by atoms with Gasteiger partial charge in [0.15, 0.2) is 0 Å². The highest BCUT2D eigenvalue weighted by molar-refractivity contribution is 5.40. The number of pyridine rings is 1. The highest BCUT2D eigenvalue weighted by Gasteiger charge is 2.16. The Labute approximate surface area is 121 Å². The van der Waals surface area contributed by atoms with Gasteiger partial charge in [-0.05, 0) is 30.7 Å². The van der Waals surface area contributed by atoms with Gasteiger partial charge in [0.05, 0.1) is 19.3 Å². The molecule has 1 atom stereocenters. The Kier molecular flexibility index (Phi) is 5.13. The molecule has 0 amide bonds. The van der Waals surface area contributed by atoms with Crippen LogP contribution in [0.5, 0.6) is 5.75 Å². The first-order valence-electron chi connectivity index (χ1n) is 7.04. The average molecular weight is 270 g/mol. The number of aromatic nitrogens is 1. The van der Waals surface area contributed by atoms with E-state index in [-0.39, 0.29) is 6.04 Å². The van der Waals surface area contributed by atoms with Crippen molar-refractivity contribution in [3.05, 3.63) is 59.4 Å². The molecule has 0 fully saturated rings. The van der Waals surface area contributed by atoms with Crippen molar-refractivity contribution in [3.8, 4) is 5.75 Å². The lowest BCUT2D eigenvalue weighted by Crippen LogP contribution is -2.18. The Bertz CT molecular complexity index is 537. The summed E-state index contributed by atoms with van der Waals surface area (Å²) in [5.74, 6) is 0.810. The van der Waals surface area contributed by atoms with Crippen LogP contribution in [0.3, 0.4) is 0 Å².